The van der Waals surface area contributed by atoms with E-state index in [4.69, 9.17) is 21.3 Å². The number of fused-ring (bicyclic) bond motifs is 1. The summed E-state index contributed by atoms with van der Waals surface area (Å²) in [6.07, 6.45) is 3.11. The van der Waals surface area contributed by atoms with E-state index in [1.807, 2.05) is 18.2 Å². The van der Waals surface area contributed by atoms with Crippen LogP contribution in [0.15, 0.2) is 24.3 Å². The molecule has 1 aromatic carbocycles. The molecule has 1 unspecified atom stereocenters. The van der Waals surface area contributed by atoms with Crippen molar-refractivity contribution in [3.63, 3.8) is 0 Å². The molecule has 0 radical (unpaired) electrons. The van der Waals surface area contributed by atoms with Gasteiger partial charge in [-0.3, -0.25) is 0 Å². The predicted octanol–water partition coefficient (Wildman–Crippen LogP) is 4.29. The molecule has 0 spiro atoms. The second-order valence-corrected chi connectivity index (χ2v) is 6.70. The molecule has 1 aromatic heterocycles. The van der Waals surface area contributed by atoms with Crippen LogP contribution in [0.2, 0.25) is 5.15 Å². The number of nitrogens with zero attached hydrogens (tertiary/aromatic N) is 2. The minimum atomic E-state index is -0.112. The molecule has 3 nitrogen and oxygen atoms in total. The van der Waals surface area contributed by atoms with Crippen LogP contribution < -0.4 is 4.74 Å². The highest BCUT2D eigenvalue weighted by Gasteiger charge is 2.32. The van der Waals surface area contributed by atoms with Gasteiger partial charge in [0.15, 0.2) is 11.9 Å². The topological polar surface area (TPSA) is 35.0 Å². The molecular weight excluding hydrogens is 387 g/mol. The first kappa shape index (κ1) is 12.8. The zero-order chi connectivity index (χ0) is 13.7. The minimum absolute atomic E-state index is 0.112. The van der Waals surface area contributed by atoms with Gasteiger partial charge in [0.25, 0.3) is 0 Å². The van der Waals surface area contributed by atoms with Crippen LogP contribution in [0.1, 0.15) is 41.9 Å². The lowest BCUT2D eigenvalue weighted by molar-refractivity contribution is 0.227. The van der Waals surface area contributed by atoms with E-state index in [1.54, 1.807) is 0 Å². The fraction of sp³-hybridized carbons (Fsp3) is 0.333. The Morgan fingerprint density at radius 2 is 2.00 bits per heavy atom. The lowest BCUT2D eigenvalue weighted by atomic mass is 10.1. The molecule has 102 valence electrons. The van der Waals surface area contributed by atoms with Crippen molar-refractivity contribution in [1.82, 2.24) is 9.97 Å². The maximum absolute atomic E-state index is 6.27. The number of benzene rings is 1. The zero-order valence-corrected chi connectivity index (χ0v) is 13.6. The maximum Gasteiger partial charge on any atom is 0.171 e. The van der Waals surface area contributed by atoms with Crippen LogP contribution in [0.3, 0.4) is 0 Å². The van der Waals surface area contributed by atoms with Crippen LogP contribution in [0, 0.1) is 3.57 Å². The summed E-state index contributed by atoms with van der Waals surface area (Å²) < 4.78 is 6.95. The Bertz CT molecular complexity index is 663. The smallest absolute Gasteiger partial charge is 0.171 e. The fourth-order valence-electron chi connectivity index (χ4n) is 2.55. The monoisotopic (exact) mass is 398 g/mol. The van der Waals surface area contributed by atoms with Crippen LogP contribution in [0.25, 0.3) is 0 Å². The number of hydrogen-bond donors (Lipinski definition) is 0. The molecule has 2 aromatic rings. The van der Waals surface area contributed by atoms with Crippen LogP contribution in [-0.2, 0) is 6.42 Å². The average molecular weight is 399 g/mol. The molecule has 0 amide bonds. The normalized spacial score (nSPS) is 20.6. The summed E-state index contributed by atoms with van der Waals surface area (Å²) in [5.74, 6) is 2.21. The van der Waals surface area contributed by atoms with E-state index in [0.717, 1.165) is 21.4 Å². The number of halogens is 2. The van der Waals surface area contributed by atoms with Crippen LogP contribution in [-0.4, -0.2) is 9.97 Å². The van der Waals surface area contributed by atoms with Gasteiger partial charge in [-0.15, -0.1) is 0 Å². The standard InChI is InChI=1S/C15H12ClIN2O/c16-14-12(17)13(8-5-6-8)18-15(19-14)11-7-9-3-1-2-4-10(9)20-11/h1-4,8,11H,5-7H2. The summed E-state index contributed by atoms with van der Waals surface area (Å²) in [5.41, 5.74) is 2.31. The third-order valence-electron chi connectivity index (χ3n) is 3.75. The average Bonchev–Trinajstić information content (AvgIpc) is 3.19. The summed E-state index contributed by atoms with van der Waals surface area (Å²) in [6, 6.07) is 8.09. The molecule has 0 bridgehead atoms. The molecule has 0 N–H and O–H groups in total. The zero-order valence-electron chi connectivity index (χ0n) is 10.6. The molecule has 1 fully saturated rings. The van der Waals surface area contributed by atoms with Gasteiger partial charge < -0.3 is 4.74 Å². The van der Waals surface area contributed by atoms with E-state index >= 15 is 0 Å². The number of para-hydroxylation sites is 1. The van der Waals surface area contributed by atoms with Crippen molar-refractivity contribution in [3.8, 4) is 5.75 Å². The second kappa shape index (κ2) is 4.84. The summed E-state index contributed by atoms with van der Waals surface area (Å²) in [6.45, 7) is 0. The molecular formula is C15H12ClIN2O. The van der Waals surface area contributed by atoms with Gasteiger partial charge in [0.1, 0.15) is 10.9 Å². The molecule has 2 heterocycles. The molecule has 0 saturated heterocycles. The van der Waals surface area contributed by atoms with Crippen LogP contribution in [0.5, 0.6) is 5.75 Å². The Labute approximate surface area is 135 Å². The maximum atomic E-state index is 6.27. The Kier molecular flexibility index (Phi) is 3.11. The molecule has 20 heavy (non-hydrogen) atoms. The van der Waals surface area contributed by atoms with Gasteiger partial charge in [0.2, 0.25) is 0 Å². The Morgan fingerprint density at radius 3 is 2.75 bits per heavy atom. The number of rotatable bonds is 2. The molecule has 1 aliphatic carbocycles. The van der Waals surface area contributed by atoms with E-state index in [-0.39, 0.29) is 6.10 Å². The van der Waals surface area contributed by atoms with Crippen molar-refractivity contribution in [3.05, 3.63) is 50.1 Å². The summed E-state index contributed by atoms with van der Waals surface area (Å²) in [4.78, 5) is 9.16. The molecule has 1 aliphatic heterocycles. The van der Waals surface area contributed by atoms with E-state index < -0.39 is 0 Å². The van der Waals surface area contributed by atoms with Crippen LogP contribution >= 0.6 is 34.2 Å². The second-order valence-electron chi connectivity index (χ2n) is 5.26. The highest BCUT2D eigenvalue weighted by atomic mass is 127. The lowest BCUT2D eigenvalue weighted by Gasteiger charge is -2.12. The SMILES string of the molecule is Clc1nc(C2Cc3ccccc3O2)nc(C2CC2)c1I. The first-order valence-electron chi connectivity index (χ1n) is 6.70. The quantitative estimate of drug-likeness (QED) is 0.559. The molecule has 1 atom stereocenters. The molecule has 1 saturated carbocycles. The first-order valence-corrected chi connectivity index (χ1v) is 8.15. The first-order chi connectivity index (χ1) is 9.72. The van der Waals surface area contributed by atoms with Crippen molar-refractivity contribution in [2.45, 2.75) is 31.3 Å². The van der Waals surface area contributed by atoms with Gasteiger partial charge in [0.05, 0.1) is 9.26 Å². The molecule has 4 rings (SSSR count). The van der Waals surface area contributed by atoms with E-state index in [1.165, 1.54) is 18.4 Å². The van der Waals surface area contributed by atoms with Crippen molar-refractivity contribution < 1.29 is 4.74 Å². The Balaban J connectivity index is 1.70. The molecule has 2 aliphatic rings. The fourth-order valence-corrected chi connectivity index (χ4v) is 3.42. The highest BCUT2D eigenvalue weighted by molar-refractivity contribution is 14.1. The van der Waals surface area contributed by atoms with Gasteiger partial charge in [-0.1, -0.05) is 29.8 Å². The van der Waals surface area contributed by atoms with Crippen molar-refractivity contribution in [2.24, 2.45) is 0 Å². The highest BCUT2D eigenvalue weighted by Crippen LogP contribution is 2.43. The largest absolute Gasteiger partial charge is 0.482 e. The minimum Gasteiger partial charge on any atom is -0.482 e. The van der Waals surface area contributed by atoms with E-state index in [0.29, 0.717) is 16.9 Å². The third kappa shape index (κ3) is 2.19. The summed E-state index contributed by atoms with van der Waals surface area (Å²) in [5, 5.41) is 0.553. The van der Waals surface area contributed by atoms with Gasteiger partial charge in [-0.2, -0.15) is 0 Å². The number of ether oxygens (including phenoxy) is 1. The van der Waals surface area contributed by atoms with E-state index in [9.17, 15) is 0 Å². The van der Waals surface area contributed by atoms with Crippen molar-refractivity contribution >= 4 is 34.2 Å². The van der Waals surface area contributed by atoms with Gasteiger partial charge in [-0.25, -0.2) is 9.97 Å². The van der Waals surface area contributed by atoms with Gasteiger partial charge in [-0.05, 0) is 47.1 Å². The summed E-state index contributed by atoms with van der Waals surface area (Å²) >= 11 is 8.51. The molecule has 5 heteroatoms. The van der Waals surface area contributed by atoms with Gasteiger partial charge in [0, 0.05) is 12.3 Å². The Morgan fingerprint density at radius 1 is 1.20 bits per heavy atom. The number of aromatic nitrogens is 2. The summed E-state index contributed by atoms with van der Waals surface area (Å²) in [7, 11) is 0. The van der Waals surface area contributed by atoms with Crippen molar-refractivity contribution in [2.75, 3.05) is 0 Å². The lowest BCUT2D eigenvalue weighted by Crippen LogP contribution is -2.11. The number of hydrogen-bond acceptors (Lipinski definition) is 3. The third-order valence-corrected chi connectivity index (χ3v) is 5.41. The van der Waals surface area contributed by atoms with Crippen LogP contribution in [0.4, 0.5) is 0 Å². The predicted molar refractivity (Wildman–Crippen MR) is 85.2 cm³/mol. The Hall–Kier alpha value is -0.880. The van der Waals surface area contributed by atoms with Crippen molar-refractivity contribution in [1.29, 1.82) is 0 Å². The van der Waals surface area contributed by atoms with E-state index in [2.05, 4.69) is 33.6 Å². The van der Waals surface area contributed by atoms with Gasteiger partial charge >= 0.3 is 0 Å².